The first-order valence-electron chi connectivity index (χ1n) is 4.93. The maximum absolute atomic E-state index is 12.9. The molecule has 3 nitrogen and oxygen atoms in total. The number of nitrogens with two attached hydrogens (primary N) is 1. The lowest BCUT2D eigenvalue weighted by Gasteiger charge is -2.10. The smallest absolute Gasteiger partial charge is 0.161 e. The number of hydrogen-bond donors (Lipinski definition) is 1. The summed E-state index contributed by atoms with van der Waals surface area (Å²) >= 11 is 5.93. The molecule has 1 aromatic heterocycles. The summed E-state index contributed by atoms with van der Waals surface area (Å²) in [6, 6.07) is 6.44. The Morgan fingerprint density at radius 1 is 1.35 bits per heavy atom. The lowest BCUT2D eigenvalue weighted by Crippen LogP contribution is -2.00. The molecule has 0 aliphatic carbocycles. The molecular formula is C12H10ClFN2O. The fraction of sp³-hybridized carbons (Fsp3) is 0.0833. The Balaban J connectivity index is 2.13. The molecule has 0 saturated heterocycles. The number of benzene rings is 1. The van der Waals surface area contributed by atoms with Crippen molar-refractivity contribution in [1.29, 1.82) is 0 Å². The Labute approximate surface area is 103 Å². The topological polar surface area (TPSA) is 48.1 Å². The van der Waals surface area contributed by atoms with Crippen LogP contribution in [0.5, 0.6) is 5.75 Å². The van der Waals surface area contributed by atoms with Gasteiger partial charge in [-0.05, 0) is 18.2 Å². The van der Waals surface area contributed by atoms with Crippen molar-refractivity contribution < 1.29 is 9.13 Å². The van der Waals surface area contributed by atoms with Crippen molar-refractivity contribution in [1.82, 2.24) is 4.98 Å². The molecule has 0 amide bonds. The van der Waals surface area contributed by atoms with E-state index in [4.69, 9.17) is 22.1 Å². The molecular weight excluding hydrogens is 243 g/mol. The second kappa shape index (κ2) is 5.01. The van der Waals surface area contributed by atoms with Gasteiger partial charge in [0.1, 0.15) is 12.4 Å². The molecule has 2 rings (SSSR count). The number of ether oxygens (including phenoxy) is 1. The number of nitrogens with zero attached hydrogens (tertiary/aromatic N) is 1. The number of anilines is 1. The monoisotopic (exact) mass is 252 g/mol. The molecule has 0 fully saturated rings. The minimum Gasteiger partial charge on any atom is -0.485 e. The van der Waals surface area contributed by atoms with Crippen LogP contribution in [0.2, 0.25) is 5.02 Å². The molecule has 0 spiro atoms. The summed E-state index contributed by atoms with van der Waals surface area (Å²) in [6.07, 6.45) is 2.66. The van der Waals surface area contributed by atoms with Gasteiger partial charge in [0.2, 0.25) is 0 Å². The van der Waals surface area contributed by atoms with Gasteiger partial charge in [-0.3, -0.25) is 4.98 Å². The largest absolute Gasteiger partial charge is 0.485 e. The number of aromatic nitrogens is 1. The second-order valence-electron chi connectivity index (χ2n) is 3.46. The van der Waals surface area contributed by atoms with Crippen LogP contribution in [0.3, 0.4) is 0 Å². The van der Waals surface area contributed by atoms with Crippen LogP contribution in [0.25, 0.3) is 0 Å². The average molecular weight is 253 g/mol. The third-order valence-corrected chi connectivity index (χ3v) is 2.44. The fourth-order valence-corrected chi connectivity index (χ4v) is 1.60. The Morgan fingerprint density at radius 3 is 2.88 bits per heavy atom. The molecule has 2 aromatic rings. The minimum absolute atomic E-state index is 0.165. The van der Waals surface area contributed by atoms with Crippen LogP contribution in [0.4, 0.5) is 10.1 Å². The number of pyridine rings is 1. The van der Waals surface area contributed by atoms with Gasteiger partial charge in [-0.15, -0.1) is 0 Å². The number of hydrogen-bond acceptors (Lipinski definition) is 3. The molecule has 0 unspecified atom stereocenters. The zero-order chi connectivity index (χ0) is 12.3. The number of para-hydroxylation sites is 1. The summed E-state index contributed by atoms with van der Waals surface area (Å²) in [4.78, 5) is 3.72. The average Bonchev–Trinajstić information content (AvgIpc) is 2.28. The van der Waals surface area contributed by atoms with Crippen LogP contribution in [0, 0.1) is 5.82 Å². The van der Waals surface area contributed by atoms with Crippen LogP contribution >= 0.6 is 11.6 Å². The second-order valence-corrected chi connectivity index (χ2v) is 3.87. The summed E-state index contributed by atoms with van der Waals surface area (Å²) in [6.45, 7) is 0.165. The van der Waals surface area contributed by atoms with E-state index in [-0.39, 0.29) is 6.61 Å². The first-order chi connectivity index (χ1) is 8.16. The molecule has 0 aliphatic heterocycles. The van der Waals surface area contributed by atoms with Crippen LogP contribution in [0.15, 0.2) is 36.7 Å². The molecule has 0 aliphatic rings. The van der Waals surface area contributed by atoms with E-state index in [1.54, 1.807) is 18.2 Å². The third-order valence-electron chi connectivity index (χ3n) is 2.14. The predicted molar refractivity (Wildman–Crippen MR) is 64.4 cm³/mol. The van der Waals surface area contributed by atoms with Crippen molar-refractivity contribution in [3.05, 3.63) is 53.1 Å². The van der Waals surface area contributed by atoms with Gasteiger partial charge < -0.3 is 10.5 Å². The molecule has 2 N–H and O–H groups in total. The zero-order valence-electron chi connectivity index (χ0n) is 8.86. The molecule has 88 valence electrons. The summed E-state index contributed by atoms with van der Waals surface area (Å²) < 4.78 is 18.3. The Kier molecular flexibility index (Phi) is 3.44. The SMILES string of the molecule is Nc1cccc(Cl)c1OCc1cncc(F)c1. The van der Waals surface area contributed by atoms with E-state index in [9.17, 15) is 4.39 Å². The lowest BCUT2D eigenvalue weighted by atomic mass is 10.3. The highest BCUT2D eigenvalue weighted by atomic mass is 35.5. The van der Waals surface area contributed by atoms with Crippen LogP contribution in [0.1, 0.15) is 5.56 Å². The van der Waals surface area contributed by atoms with Gasteiger partial charge in [-0.1, -0.05) is 17.7 Å². The minimum atomic E-state index is -0.404. The van der Waals surface area contributed by atoms with Gasteiger partial charge in [-0.25, -0.2) is 4.39 Å². The number of nitrogen functional groups attached to an aromatic ring is 1. The molecule has 17 heavy (non-hydrogen) atoms. The summed E-state index contributed by atoms with van der Waals surface area (Å²) in [5.74, 6) is -0.00309. The van der Waals surface area contributed by atoms with E-state index in [0.29, 0.717) is 22.0 Å². The van der Waals surface area contributed by atoms with E-state index in [1.807, 2.05) is 0 Å². The Bertz CT molecular complexity index is 513. The molecule has 5 heteroatoms. The van der Waals surface area contributed by atoms with E-state index >= 15 is 0 Å². The molecule has 0 radical (unpaired) electrons. The summed E-state index contributed by atoms with van der Waals surface area (Å²) in [5, 5.41) is 0.425. The third kappa shape index (κ3) is 2.85. The first kappa shape index (κ1) is 11.7. The van der Waals surface area contributed by atoms with Gasteiger partial charge in [-0.2, -0.15) is 0 Å². The van der Waals surface area contributed by atoms with Gasteiger partial charge in [0.15, 0.2) is 5.75 Å². The van der Waals surface area contributed by atoms with Gasteiger partial charge >= 0.3 is 0 Å². The van der Waals surface area contributed by atoms with Crippen LogP contribution < -0.4 is 10.5 Å². The lowest BCUT2D eigenvalue weighted by molar-refractivity contribution is 0.307. The Hall–Kier alpha value is -1.81. The molecule has 0 atom stereocenters. The summed E-state index contributed by atoms with van der Waals surface area (Å²) in [7, 11) is 0. The quantitative estimate of drug-likeness (QED) is 0.854. The molecule has 0 bridgehead atoms. The highest BCUT2D eigenvalue weighted by Gasteiger charge is 2.06. The van der Waals surface area contributed by atoms with Crippen molar-refractivity contribution in [2.45, 2.75) is 6.61 Å². The van der Waals surface area contributed by atoms with E-state index < -0.39 is 5.82 Å². The van der Waals surface area contributed by atoms with Crippen molar-refractivity contribution in [2.75, 3.05) is 5.73 Å². The van der Waals surface area contributed by atoms with Crippen molar-refractivity contribution in [3.8, 4) is 5.75 Å². The van der Waals surface area contributed by atoms with Crippen LogP contribution in [-0.2, 0) is 6.61 Å². The maximum atomic E-state index is 12.9. The predicted octanol–water partition coefficient (Wildman–Crippen LogP) is 3.04. The normalized spacial score (nSPS) is 10.2. The highest BCUT2D eigenvalue weighted by molar-refractivity contribution is 6.32. The van der Waals surface area contributed by atoms with Crippen LogP contribution in [-0.4, -0.2) is 4.98 Å². The highest BCUT2D eigenvalue weighted by Crippen LogP contribution is 2.31. The zero-order valence-corrected chi connectivity index (χ0v) is 9.62. The Morgan fingerprint density at radius 2 is 2.18 bits per heavy atom. The number of halogens is 2. The van der Waals surface area contributed by atoms with E-state index in [0.717, 1.165) is 6.20 Å². The molecule has 1 heterocycles. The van der Waals surface area contributed by atoms with Crippen molar-refractivity contribution >= 4 is 17.3 Å². The van der Waals surface area contributed by atoms with Crippen molar-refractivity contribution in [3.63, 3.8) is 0 Å². The van der Waals surface area contributed by atoms with E-state index in [2.05, 4.69) is 4.98 Å². The first-order valence-corrected chi connectivity index (χ1v) is 5.31. The van der Waals surface area contributed by atoms with E-state index in [1.165, 1.54) is 12.3 Å². The summed E-state index contributed by atoms with van der Waals surface area (Å²) in [5.41, 5.74) is 6.78. The van der Waals surface area contributed by atoms with Crippen molar-refractivity contribution in [2.24, 2.45) is 0 Å². The molecule has 1 aromatic carbocycles. The number of rotatable bonds is 3. The maximum Gasteiger partial charge on any atom is 0.161 e. The standard InChI is InChI=1S/C12H10ClFN2O/c13-10-2-1-3-11(15)12(10)17-7-8-4-9(14)6-16-5-8/h1-6H,7,15H2. The van der Waals surface area contributed by atoms with Gasteiger partial charge in [0, 0.05) is 11.8 Å². The fourth-order valence-electron chi connectivity index (χ4n) is 1.37. The molecule has 0 saturated carbocycles. The van der Waals surface area contributed by atoms with Gasteiger partial charge in [0.25, 0.3) is 0 Å². The van der Waals surface area contributed by atoms with Gasteiger partial charge in [0.05, 0.1) is 16.9 Å².